The van der Waals surface area contributed by atoms with Crippen LogP contribution in [0.3, 0.4) is 0 Å². The number of nitrogens with zero attached hydrogens (tertiary/aromatic N) is 3. The molecule has 0 fully saturated rings. The highest BCUT2D eigenvalue weighted by Crippen LogP contribution is 2.35. The highest BCUT2D eigenvalue weighted by atomic mass is 32.1. The number of nitrogens with one attached hydrogen (secondary N) is 1. The van der Waals surface area contributed by atoms with E-state index in [0.29, 0.717) is 11.7 Å². The Hall–Kier alpha value is -1.69. The molecule has 1 N–H and O–H groups in total. The molecule has 0 saturated heterocycles. The van der Waals surface area contributed by atoms with Gasteiger partial charge in [0.1, 0.15) is 11.2 Å². The van der Waals surface area contributed by atoms with E-state index in [0.717, 1.165) is 29.5 Å². The molecule has 0 spiro atoms. The molecule has 1 aliphatic rings. The Morgan fingerprint density at radius 2 is 2.44 bits per heavy atom. The maximum absolute atomic E-state index is 12.4. The predicted octanol–water partition coefficient (Wildman–Crippen LogP) is 1.76. The van der Waals surface area contributed by atoms with Crippen molar-refractivity contribution in [2.75, 3.05) is 0 Å². The molecule has 0 bridgehead atoms. The monoisotopic (exact) mass is 260 g/mol. The molecule has 3 heterocycles. The van der Waals surface area contributed by atoms with E-state index < -0.39 is 0 Å². The lowest BCUT2D eigenvalue weighted by molar-refractivity contribution is 0.509. The van der Waals surface area contributed by atoms with Crippen LogP contribution in [0.1, 0.15) is 23.8 Å². The summed E-state index contributed by atoms with van der Waals surface area (Å²) in [6.45, 7) is 2.27. The first-order valence-corrected chi connectivity index (χ1v) is 6.91. The first-order chi connectivity index (χ1) is 8.74. The van der Waals surface area contributed by atoms with Crippen LogP contribution in [-0.2, 0) is 12.8 Å². The molecule has 0 saturated carbocycles. The lowest BCUT2D eigenvalue weighted by Crippen LogP contribution is -2.15. The average Bonchev–Trinajstić information content (AvgIpc) is 2.92. The molecule has 0 radical (unpaired) electrons. The van der Waals surface area contributed by atoms with E-state index in [1.165, 1.54) is 21.2 Å². The first kappa shape index (κ1) is 10.3. The minimum atomic E-state index is 0.0100. The Morgan fingerprint density at radius 1 is 1.56 bits per heavy atom. The van der Waals surface area contributed by atoms with Gasteiger partial charge >= 0.3 is 0 Å². The second kappa shape index (κ2) is 3.41. The molecule has 3 aromatic heterocycles. The number of rotatable bonds is 0. The van der Waals surface area contributed by atoms with Crippen molar-refractivity contribution >= 4 is 27.3 Å². The molecular formula is C12H12N4OS. The van der Waals surface area contributed by atoms with Gasteiger partial charge in [-0.1, -0.05) is 6.92 Å². The quantitative estimate of drug-likeness (QED) is 0.670. The number of fused-ring (bicyclic) bond motifs is 4. The van der Waals surface area contributed by atoms with Crippen molar-refractivity contribution in [2.24, 2.45) is 5.92 Å². The van der Waals surface area contributed by atoms with Gasteiger partial charge in [0.2, 0.25) is 5.78 Å². The molecular weight excluding hydrogens is 248 g/mol. The lowest BCUT2D eigenvalue weighted by Gasteiger charge is -2.17. The van der Waals surface area contributed by atoms with Gasteiger partial charge in [0.25, 0.3) is 5.56 Å². The van der Waals surface area contributed by atoms with Crippen LogP contribution in [0.2, 0.25) is 0 Å². The summed E-state index contributed by atoms with van der Waals surface area (Å²) in [4.78, 5) is 19.1. The lowest BCUT2D eigenvalue weighted by atomic mass is 9.89. The van der Waals surface area contributed by atoms with Crippen LogP contribution in [0.25, 0.3) is 16.0 Å². The summed E-state index contributed by atoms with van der Waals surface area (Å²) in [5, 5.41) is 7.43. The zero-order chi connectivity index (χ0) is 12.3. The summed E-state index contributed by atoms with van der Waals surface area (Å²) in [7, 11) is 0. The molecule has 18 heavy (non-hydrogen) atoms. The van der Waals surface area contributed by atoms with Gasteiger partial charge < -0.3 is 0 Å². The highest BCUT2D eigenvalue weighted by molar-refractivity contribution is 7.18. The number of hydrogen-bond donors (Lipinski definition) is 1. The molecule has 0 aliphatic heterocycles. The van der Waals surface area contributed by atoms with Gasteiger partial charge in [-0.3, -0.25) is 4.79 Å². The summed E-state index contributed by atoms with van der Waals surface area (Å²) in [5.74, 6) is 1.24. The van der Waals surface area contributed by atoms with Gasteiger partial charge in [-0.15, -0.1) is 11.3 Å². The Labute approximate surface area is 106 Å². The Balaban J connectivity index is 2.15. The number of aryl methyl sites for hydroxylation is 1. The Morgan fingerprint density at radius 3 is 3.33 bits per heavy atom. The molecule has 1 unspecified atom stereocenters. The third kappa shape index (κ3) is 1.23. The fourth-order valence-electron chi connectivity index (χ4n) is 2.73. The van der Waals surface area contributed by atoms with Crippen LogP contribution in [-0.4, -0.2) is 19.6 Å². The standard InChI is InChI=1S/C12H12N4OS/c1-6-2-3-7-8(4-6)18-10-9(7)11(17)16-5-13-15-12(16)14-10/h5-6H,2-4H2,1H3,(H,14,15). The molecule has 5 nitrogen and oxygen atoms in total. The molecule has 6 heteroatoms. The maximum Gasteiger partial charge on any atom is 0.269 e. The second-order valence-electron chi connectivity index (χ2n) is 5.00. The summed E-state index contributed by atoms with van der Waals surface area (Å²) < 4.78 is 1.49. The minimum absolute atomic E-state index is 0.0100. The van der Waals surface area contributed by atoms with E-state index in [1.54, 1.807) is 11.3 Å². The van der Waals surface area contributed by atoms with Crippen LogP contribution < -0.4 is 5.56 Å². The summed E-state index contributed by atoms with van der Waals surface area (Å²) >= 11 is 1.66. The molecule has 0 aromatic carbocycles. The summed E-state index contributed by atoms with van der Waals surface area (Å²) in [5.41, 5.74) is 1.23. The van der Waals surface area contributed by atoms with Crippen LogP contribution in [0, 0.1) is 5.92 Å². The van der Waals surface area contributed by atoms with E-state index in [1.807, 2.05) is 0 Å². The number of aromatic nitrogens is 4. The summed E-state index contributed by atoms with van der Waals surface area (Å²) in [6, 6.07) is 0. The molecule has 1 atom stereocenters. The van der Waals surface area contributed by atoms with E-state index in [-0.39, 0.29) is 5.56 Å². The predicted molar refractivity (Wildman–Crippen MR) is 70.2 cm³/mol. The first-order valence-electron chi connectivity index (χ1n) is 6.10. The van der Waals surface area contributed by atoms with Crippen molar-refractivity contribution < 1.29 is 0 Å². The number of H-pyrrole nitrogens is 1. The van der Waals surface area contributed by atoms with Crippen molar-refractivity contribution in [2.45, 2.75) is 26.2 Å². The summed E-state index contributed by atoms with van der Waals surface area (Å²) in [6.07, 6.45) is 4.73. The van der Waals surface area contributed by atoms with Crippen molar-refractivity contribution in [1.82, 2.24) is 19.6 Å². The molecule has 0 amide bonds. The molecule has 92 valence electrons. The van der Waals surface area contributed by atoms with Crippen LogP contribution >= 0.6 is 11.3 Å². The SMILES string of the molecule is CC1CCc2c(sc3nc4[nH]ncn4c(=O)c23)C1. The number of hydrogen-bond acceptors (Lipinski definition) is 4. The van der Waals surface area contributed by atoms with E-state index in [4.69, 9.17) is 0 Å². The van der Waals surface area contributed by atoms with Crippen LogP contribution in [0.4, 0.5) is 0 Å². The van der Waals surface area contributed by atoms with E-state index in [9.17, 15) is 4.79 Å². The van der Waals surface area contributed by atoms with Crippen LogP contribution in [0.5, 0.6) is 0 Å². The van der Waals surface area contributed by atoms with Crippen LogP contribution in [0.15, 0.2) is 11.1 Å². The maximum atomic E-state index is 12.4. The third-order valence-electron chi connectivity index (χ3n) is 3.70. The fourth-order valence-corrected chi connectivity index (χ4v) is 4.11. The topological polar surface area (TPSA) is 63.1 Å². The average molecular weight is 260 g/mol. The number of aromatic amines is 1. The van der Waals surface area contributed by atoms with Gasteiger partial charge in [-0.05, 0) is 30.7 Å². The smallest absolute Gasteiger partial charge is 0.268 e. The van der Waals surface area contributed by atoms with E-state index in [2.05, 4.69) is 22.1 Å². The molecule has 3 aromatic rings. The highest BCUT2D eigenvalue weighted by Gasteiger charge is 2.23. The Kier molecular flexibility index (Phi) is 1.94. The Bertz CT molecular complexity index is 813. The van der Waals surface area contributed by atoms with Gasteiger partial charge in [0, 0.05) is 4.88 Å². The van der Waals surface area contributed by atoms with Gasteiger partial charge in [0.05, 0.1) is 5.39 Å². The van der Waals surface area contributed by atoms with Crippen molar-refractivity contribution in [1.29, 1.82) is 0 Å². The normalized spacial score (nSPS) is 19.5. The second-order valence-corrected chi connectivity index (χ2v) is 6.08. The number of thiophene rings is 1. The minimum Gasteiger partial charge on any atom is -0.268 e. The van der Waals surface area contributed by atoms with Gasteiger partial charge in [-0.2, -0.15) is 5.10 Å². The third-order valence-corrected chi connectivity index (χ3v) is 4.85. The van der Waals surface area contributed by atoms with E-state index >= 15 is 0 Å². The van der Waals surface area contributed by atoms with Gasteiger partial charge in [-0.25, -0.2) is 14.5 Å². The zero-order valence-electron chi connectivity index (χ0n) is 9.93. The fraction of sp³-hybridized carbons (Fsp3) is 0.417. The van der Waals surface area contributed by atoms with Crippen molar-refractivity contribution in [3.63, 3.8) is 0 Å². The van der Waals surface area contributed by atoms with Crippen molar-refractivity contribution in [3.05, 3.63) is 27.1 Å². The molecule has 4 rings (SSSR count). The van der Waals surface area contributed by atoms with Gasteiger partial charge in [0.15, 0.2) is 0 Å². The molecule has 1 aliphatic carbocycles. The largest absolute Gasteiger partial charge is 0.269 e. The zero-order valence-corrected chi connectivity index (χ0v) is 10.8. The van der Waals surface area contributed by atoms with Crippen molar-refractivity contribution in [3.8, 4) is 0 Å².